The van der Waals surface area contributed by atoms with Crippen LogP contribution in [0.4, 0.5) is 11.4 Å². The number of benzene rings is 3. The Morgan fingerprint density at radius 1 is 0.300 bits per heavy atom. The van der Waals surface area contributed by atoms with Gasteiger partial charge in [0, 0.05) is 46.4 Å². The van der Waals surface area contributed by atoms with Crippen LogP contribution in [0.2, 0.25) is 0 Å². The lowest BCUT2D eigenvalue weighted by Gasteiger charge is -2.23. The number of anilines is 2. The fraction of sp³-hybridized carbons (Fsp3) is 0.714. The molecule has 8 nitrogen and oxygen atoms in total. The lowest BCUT2D eigenvalue weighted by atomic mass is 9.93. The summed E-state index contributed by atoms with van der Waals surface area (Å²) in [6.07, 6.45) is 51.1. The quantitative estimate of drug-likeness (QED) is 0.0224. The second-order valence-corrected chi connectivity index (χ2v) is 26.2. The Morgan fingerprint density at radius 2 is 0.537 bits per heavy atom. The van der Waals surface area contributed by atoms with E-state index in [9.17, 15) is 0 Å². The number of rotatable bonds is 48. The van der Waals surface area contributed by atoms with Gasteiger partial charge in [-0.05, 0) is 37.8 Å². The van der Waals surface area contributed by atoms with Crippen LogP contribution in [0.5, 0.6) is 0 Å². The zero-order valence-corrected chi connectivity index (χ0v) is 52.8. The Bertz CT molecular complexity index is 2740. The predicted molar refractivity (Wildman–Crippen MR) is 356 cm³/mol. The lowest BCUT2D eigenvalue weighted by Crippen LogP contribution is -2.37. The molecule has 0 aliphatic rings. The van der Waals surface area contributed by atoms with Crippen molar-refractivity contribution in [1.29, 1.82) is 0 Å². The van der Waals surface area contributed by atoms with Crippen LogP contribution in [0.25, 0.3) is 51.1 Å². The van der Waals surface area contributed by atoms with Crippen molar-refractivity contribution in [2.45, 2.75) is 310 Å². The van der Waals surface area contributed by atoms with Gasteiger partial charge in [-0.15, -0.1) is 22.7 Å². The second kappa shape index (κ2) is 38.2. The van der Waals surface area contributed by atoms with Crippen molar-refractivity contribution >= 4 is 85.2 Å². The van der Waals surface area contributed by atoms with Gasteiger partial charge in [0.1, 0.15) is 0 Å². The number of hydrogen-bond acceptors (Lipinski definition) is 8. The van der Waals surface area contributed by atoms with Crippen LogP contribution in [0.15, 0.2) is 43.4 Å². The van der Waals surface area contributed by atoms with Crippen molar-refractivity contribution in [2.75, 3.05) is 23.7 Å². The monoisotopic (exact) mass is 1130 g/mol. The molecule has 6 rings (SSSR count). The zero-order valence-electron chi connectivity index (χ0n) is 51.2. The van der Waals surface area contributed by atoms with Crippen molar-refractivity contribution in [2.24, 2.45) is 0 Å². The molecule has 0 bridgehead atoms. The molecule has 0 saturated heterocycles. The molecule has 3 aromatic carbocycles. The van der Waals surface area contributed by atoms with E-state index in [1.165, 1.54) is 189 Å². The molecule has 3 aromatic heterocycles. The van der Waals surface area contributed by atoms with Gasteiger partial charge in [-0.3, -0.25) is 28.3 Å². The van der Waals surface area contributed by atoms with Crippen molar-refractivity contribution < 1.29 is 0 Å². The lowest BCUT2D eigenvalue weighted by molar-refractivity contribution is 0.533. The molecule has 0 spiro atoms. The molecule has 446 valence electrons. The third-order valence-electron chi connectivity index (χ3n) is 17.4. The van der Waals surface area contributed by atoms with Crippen LogP contribution in [0.1, 0.15) is 297 Å². The van der Waals surface area contributed by atoms with Crippen molar-refractivity contribution in [3.8, 4) is 0 Å². The summed E-state index contributed by atoms with van der Waals surface area (Å²) < 4.78 is 6.56. The van der Waals surface area contributed by atoms with E-state index in [-0.39, 0.29) is 22.2 Å². The summed E-state index contributed by atoms with van der Waals surface area (Å²) in [6.45, 7) is 11.0. The number of pyridine rings is 2. The van der Waals surface area contributed by atoms with Crippen molar-refractivity contribution in [3.05, 3.63) is 65.7 Å². The summed E-state index contributed by atoms with van der Waals surface area (Å²) in [5, 5.41) is 10.5. The normalized spacial score (nSPS) is 12.0. The van der Waals surface area contributed by atoms with E-state index in [2.05, 4.69) is 50.5 Å². The molecule has 6 aromatic rings. The van der Waals surface area contributed by atoms with Crippen LogP contribution < -0.4 is 32.9 Å². The molecule has 0 amide bonds. The Labute approximate surface area is 491 Å². The van der Waals surface area contributed by atoms with E-state index in [1.54, 1.807) is 22.7 Å². The SMILES string of the molecule is CCCCCCCCCCCCCCCCCNc1c(NCCCCCCCCCCCCCCCCC)c2c(=O)n(CCCCCCCC)c(=O)c3c4sc5ccccc5sc4c4c(=O)n(CCCCCCCC)c(=O)c1c4c23. The third-order valence-corrected chi connectivity index (χ3v) is 20.0. The van der Waals surface area contributed by atoms with E-state index < -0.39 is 0 Å². The molecular formula is C70H110N4O4S2. The minimum Gasteiger partial charge on any atom is -0.383 e. The maximum atomic E-state index is 15.6. The van der Waals surface area contributed by atoms with Gasteiger partial charge in [-0.25, -0.2) is 0 Å². The van der Waals surface area contributed by atoms with Gasteiger partial charge in [0.25, 0.3) is 22.2 Å². The molecular weight excluding hydrogens is 1020 g/mol. The first kappa shape index (κ1) is 65.4. The molecule has 10 heteroatoms. The Kier molecular flexibility index (Phi) is 31.2. The van der Waals surface area contributed by atoms with E-state index >= 15 is 19.2 Å². The van der Waals surface area contributed by atoms with Gasteiger partial charge in [0.2, 0.25) is 0 Å². The highest BCUT2D eigenvalue weighted by atomic mass is 32.1. The highest BCUT2D eigenvalue weighted by molar-refractivity contribution is 7.37. The summed E-state index contributed by atoms with van der Waals surface area (Å²) >= 11 is 3.08. The summed E-state index contributed by atoms with van der Waals surface area (Å²) in [6, 6.07) is 8.22. The van der Waals surface area contributed by atoms with Gasteiger partial charge in [-0.1, -0.05) is 284 Å². The summed E-state index contributed by atoms with van der Waals surface area (Å²) in [4.78, 5) is 61.9. The number of nitrogens with one attached hydrogen (secondary N) is 2. The topological polar surface area (TPSA) is 102 Å². The van der Waals surface area contributed by atoms with Gasteiger partial charge >= 0.3 is 0 Å². The third kappa shape index (κ3) is 19.4. The van der Waals surface area contributed by atoms with Gasteiger partial charge in [0.15, 0.2) is 0 Å². The standard InChI is InChI=1S/C70H110N4O4S2/c1-5-9-13-17-21-23-25-27-29-31-33-35-37-39-45-51-71-63-59-57-58-60(64(63)72-52-46-40-38-36-34-32-30-28-26-24-22-18-14-10-6-2)68(76)74(54-48-42-20-16-12-8-4)70(78)62(58)66-65(79-55-49-43-44-50-56(55)80-66)61(57)69(77)73(67(59)75)53-47-41-19-15-11-7-3/h43-44,49-50,71-72H,5-42,45-48,51-54H2,1-4H3. The number of unbranched alkanes of at least 4 members (excludes halogenated alkanes) is 38. The zero-order chi connectivity index (χ0) is 56.6. The summed E-state index contributed by atoms with van der Waals surface area (Å²) in [5.74, 6) is 0. The van der Waals surface area contributed by atoms with E-state index in [0.717, 1.165) is 109 Å². The van der Waals surface area contributed by atoms with E-state index in [4.69, 9.17) is 0 Å². The average Bonchev–Trinajstić information content (AvgIpc) is 3.53. The fourth-order valence-electron chi connectivity index (χ4n) is 12.6. The van der Waals surface area contributed by atoms with Gasteiger partial charge in [-0.2, -0.15) is 0 Å². The van der Waals surface area contributed by atoms with Crippen molar-refractivity contribution in [3.63, 3.8) is 0 Å². The van der Waals surface area contributed by atoms with Crippen LogP contribution in [-0.2, 0) is 13.1 Å². The van der Waals surface area contributed by atoms with Gasteiger partial charge in [0.05, 0.1) is 42.3 Å². The summed E-state index contributed by atoms with van der Waals surface area (Å²) in [5.41, 5.74) is 0.0220. The highest BCUT2D eigenvalue weighted by Gasteiger charge is 2.30. The molecule has 2 N–H and O–H groups in total. The maximum Gasteiger partial charge on any atom is 0.263 e. The smallest absolute Gasteiger partial charge is 0.263 e. The molecule has 0 aliphatic carbocycles. The van der Waals surface area contributed by atoms with Gasteiger partial charge < -0.3 is 10.6 Å². The second-order valence-electron chi connectivity index (χ2n) is 24.1. The van der Waals surface area contributed by atoms with Crippen molar-refractivity contribution in [1.82, 2.24) is 9.13 Å². The van der Waals surface area contributed by atoms with Crippen LogP contribution in [0, 0.1) is 0 Å². The molecule has 0 unspecified atom stereocenters. The Balaban J connectivity index is 1.33. The van der Waals surface area contributed by atoms with E-state index in [0.29, 0.717) is 69.9 Å². The van der Waals surface area contributed by atoms with Crippen LogP contribution >= 0.6 is 22.7 Å². The first-order chi connectivity index (χ1) is 39.4. The van der Waals surface area contributed by atoms with Crippen LogP contribution in [-0.4, -0.2) is 22.2 Å². The highest BCUT2D eigenvalue weighted by Crippen LogP contribution is 2.47. The Morgan fingerprint density at radius 3 is 0.812 bits per heavy atom. The minimum absolute atomic E-state index is 0.307. The molecule has 3 heterocycles. The molecule has 0 fully saturated rings. The largest absolute Gasteiger partial charge is 0.383 e. The number of nitrogens with zero attached hydrogens (tertiary/aromatic N) is 2. The first-order valence-corrected chi connectivity index (χ1v) is 35.4. The molecule has 80 heavy (non-hydrogen) atoms. The number of aromatic nitrogens is 2. The predicted octanol–water partition coefficient (Wildman–Crippen LogP) is 21.3. The fourth-order valence-corrected chi connectivity index (χ4v) is 15.1. The average molecular weight is 1140 g/mol. The number of fused-ring (bicyclic) bond motifs is 4. The molecule has 0 atom stereocenters. The van der Waals surface area contributed by atoms with Crippen LogP contribution in [0.3, 0.4) is 0 Å². The molecule has 0 aliphatic heterocycles. The number of hydrogen-bond donors (Lipinski definition) is 2. The minimum atomic E-state index is -0.314. The molecule has 0 radical (unpaired) electrons. The summed E-state index contributed by atoms with van der Waals surface area (Å²) in [7, 11) is 0. The molecule has 0 saturated carbocycles. The maximum absolute atomic E-state index is 15.6. The van der Waals surface area contributed by atoms with E-state index in [1.807, 2.05) is 12.1 Å². The first-order valence-electron chi connectivity index (χ1n) is 33.8. The Hall–Kier alpha value is -3.76.